The van der Waals surface area contributed by atoms with Crippen molar-refractivity contribution in [3.8, 4) is 17.1 Å². The molecule has 4 rings (SSSR count). The Balaban J connectivity index is 1.70. The summed E-state index contributed by atoms with van der Waals surface area (Å²) in [5, 5.41) is 14.4. The molecule has 3 heterocycles. The fourth-order valence-corrected chi connectivity index (χ4v) is 3.52. The van der Waals surface area contributed by atoms with Crippen LogP contribution in [-0.2, 0) is 4.79 Å². The Morgan fingerprint density at radius 3 is 2.68 bits per heavy atom. The van der Waals surface area contributed by atoms with Gasteiger partial charge < -0.3 is 14.4 Å². The Bertz CT molecular complexity index is 995. The van der Waals surface area contributed by atoms with Crippen LogP contribution in [0.4, 0.5) is 0 Å². The molecule has 1 fully saturated rings. The quantitative estimate of drug-likeness (QED) is 0.722. The second kappa shape index (κ2) is 7.52. The van der Waals surface area contributed by atoms with E-state index in [9.17, 15) is 14.7 Å². The summed E-state index contributed by atoms with van der Waals surface area (Å²) in [5.41, 5.74) is 1.60. The molecule has 2 aromatic heterocycles. The van der Waals surface area contributed by atoms with E-state index in [4.69, 9.17) is 16.0 Å². The number of hydrogen-bond donors (Lipinski definition) is 1. The summed E-state index contributed by atoms with van der Waals surface area (Å²) in [6.07, 6.45) is 2.79. The zero-order valence-electron chi connectivity index (χ0n) is 14.9. The Morgan fingerprint density at radius 1 is 1.21 bits per heavy atom. The van der Waals surface area contributed by atoms with Crippen LogP contribution in [0.25, 0.3) is 17.1 Å². The Kier molecular flexibility index (Phi) is 4.92. The van der Waals surface area contributed by atoms with Crippen molar-refractivity contribution in [2.75, 3.05) is 13.1 Å². The summed E-state index contributed by atoms with van der Waals surface area (Å²) in [5.74, 6) is -1.13. The largest absolute Gasteiger partial charge is 0.481 e. The van der Waals surface area contributed by atoms with E-state index >= 15 is 0 Å². The lowest BCUT2D eigenvalue weighted by molar-refractivity contribution is -0.143. The number of rotatable bonds is 4. The van der Waals surface area contributed by atoms with E-state index in [-0.39, 0.29) is 18.1 Å². The molecule has 1 aromatic carbocycles. The summed E-state index contributed by atoms with van der Waals surface area (Å²) in [6, 6.07) is 12.3. The number of furan rings is 1. The van der Waals surface area contributed by atoms with E-state index in [1.54, 1.807) is 58.3 Å². The number of aliphatic carboxylic acids is 1. The third kappa shape index (κ3) is 3.53. The van der Waals surface area contributed by atoms with E-state index < -0.39 is 11.9 Å². The minimum absolute atomic E-state index is 0.193. The van der Waals surface area contributed by atoms with E-state index in [1.807, 2.05) is 0 Å². The number of carboxylic acids is 1. The number of piperidine rings is 1. The van der Waals surface area contributed by atoms with Crippen LogP contribution in [0.1, 0.15) is 23.3 Å². The van der Waals surface area contributed by atoms with Crippen LogP contribution in [-0.4, -0.2) is 44.8 Å². The van der Waals surface area contributed by atoms with Gasteiger partial charge in [0.15, 0.2) is 11.5 Å². The summed E-state index contributed by atoms with van der Waals surface area (Å²) < 4.78 is 7.13. The normalized spacial score (nSPS) is 16.9. The van der Waals surface area contributed by atoms with Gasteiger partial charge >= 0.3 is 5.97 Å². The second-order valence-corrected chi connectivity index (χ2v) is 7.15. The van der Waals surface area contributed by atoms with Crippen LogP contribution in [0, 0.1) is 5.92 Å². The monoisotopic (exact) mass is 399 g/mol. The number of benzene rings is 1. The van der Waals surface area contributed by atoms with Crippen molar-refractivity contribution < 1.29 is 19.1 Å². The van der Waals surface area contributed by atoms with Gasteiger partial charge in [0.1, 0.15) is 5.69 Å². The topological polar surface area (TPSA) is 88.6 Å². The van der Waals surface area contributed by atoms with Crippen LogP contribution in [0.3, 0.4) is 0 Å². The molecule has 28 heavy (non-hydrogen) atoms. The van der Waals surface area contributed by atoms with Crippen molar-refractivity contribution in [3.63, 3.8) is 0 Å². The van der Waals surface area contributed by atoms with Gasteiger partial charge in [-0.15, -0.1) is 0 Å². The highest BCUT2D eigenvalue weighted by molar-refractivity contribution is 6.30. The number of aromatic nitrogens is 2. The molecular weight excluding hydrogens is 382 g/mol. The van der Waals surface area contributed by atoms with Crippen molar-refractivity contribution in [3.05, 3.63) is 59.4 Å². The zero-order valence-corrected chi connectivity index (χ0v) is 15.7. The fraction of sp³-hybridized carbons (Fsp3) is 0.250. The van der Waals surface area contributed by atoms with Crippen LogP contribution in [0.2, 0.25) is 5.02 Å². The average Bonchev–Trinajstić information content (AvgIpc) is 3.38. The lowest BCUT2D eigenvalue weighted by Crippen LogP contribution is -2.42. The molecule has 1 aliphatic rings. The van der Waals surface area contributed by atoms with Crippen molar-refractivity contribution >= 4 is 23.5 Å². The van der Waals surface area contributed by atoms with Gasteiger partial charge in [0.05, 0.1) is 17.9 Å². The van der Waals surface area contributed by atoms with E-state index in [0.29, 0.717) is 35.9 Å². The highest BCUT2D eigenvalue weighted by Crippen LogP contribution is 2.27. The Morgan fingerprint density at radius 2 is 2.00 bits per heavy atom. The maximum Gasteiger partial charge on any atom is 0.308 e. The Hall–Kier alpha value is -3.06. The molecule has 1 amide bonds. The van der Waals surface area contributed by atoms with Crippen LogP contribution in [0.5, 0.6) is 0 Å². The molecule has 0 bridgehead atoms. The average molecular weight is 400 g/mol. The number of carbonyl (C=O) groups excluding carboxylic acids is 1. The first-order chi connectivity index (χ1) is 13.5. The molecule has 1 aliphatic heterocycles. The van der Waals surface area contributed by atoms with Crippen molar-refractivity contribution in [1.82, 2.24) is 14.7 Å². The Labute approximate surface area is 166 Å². The predicted octanol–water partition coefficient (Wildman–Crippen LogP) is 3.72. The fourth-order valence-electron chi connectivity index (χ4n) is 3.39. The van der Waals surface area contributed by atoms with Crippen molar-refractivity contribution in [1.29, 1.82) is 0 Å². The standard InChI is InChI=1S/C20H18ClN3O4/c21-14-5-7-15(8-6-14)24-17(18-4-2-10-28-18)11-16(22-24)19(25)23-9-1-3-13(12-23)20(26)27/h2,4-8,10-11,13H,1,3,9,12H2,(H,26,27)/t13-/m0/s1. The van der Waals surface area contributed by atoms with Gasteiger partial charge in [-0.3, -0.25) is 9.59 Å². The van der Waals surface area contributed by atoms with E-state index in [1.165, 1.54) is 0 Å². The van der Waals surface area contributed by atoms with Gasteiger partial charge in [-0.2, -0.15) is 5.10 Å². The van der Waals surface area contributed by atoms with E-state index in [0.717, 1.165) is 5.69 Å². The highest BCUT2D eigenvalue weighted by atomic mass is 35.5. The SMILES string of the molecule is O=C(O)[C@H]1CCCN(C(=O)c2cc(-c3ccco3)n(-c3ccc(Cl)cc3)n2)C1. The minimum atomic E-state index is -0.875. The van der Waals surface area contributed by atoms with Crippen LogP contribution >= 0.6 is 11.6 Å². The molecule has 8 heteroatoms. The van der Waals surface area contributed by atoms with Crippen LogP contribution < -0.4 is 0 Å². The molecule has 0 aliphatic carbocycles. The summed E-state index contributed by atoms with van der Waals surface area (Å²) in [6.45, 7) is 0.713. The predicted molar refractivity (Wildman–Crippen MR) is 103 cm³/mol. The summed E-state index contributed by atoms with van der Waals surface area (Å²) >= 11 is 5.98. The number of nitrogens with zero attached hydrogens (tertiary/aromatic N) is 3. The third-order valence-corrected chi connectivity index (χ3v) is 5.08. The maximum atomic E-state index is 13.0. The molecule has 0 radical (unpaired) electrons. The number of carbonyl (C=O) groups is 2. The first kappa shape index (κ1) is 18.3. The first-order valence-corrected chi connectivity index (χ1v) is 9.32. The molecule has 0 saturated carbocycles. The molecule has 3 aromatic rings. The maximum absolute atomic E-state index is 13.0. The van der Waals surface area contributed by atoms with Gasteiger partial charge in [-0.05, 0) is 49.2 Å². The minimum Gasteiger partial charge on any atom is -0.481 e. The molecule has 1 atom stereocenters. The molecule has 7 nitrogen and oxygen atoms in total. The number of likely N-dealkylation sites (tertiary alicyclic amines) is 1. The third-order valence-electron chi connectivity index (χ3n) is 4.83. The molecule has 144 valence electrons. The number of amides is 1. The van der Waals surface area contributed by atoms with Gasteiger partial charge in [-0.1, -0.05) is 11.6 Å². The molecule has 0 unspecified atom stereocenters. The number of hydrogen-bond acceptors (Lipinski definition) is 4. The lowest BCUT2D eigenvalue weighted by Gasteiger charge is -2.30. The lowest BCUT2D eigenvalue weighted by atomic mass is 9.98. The molecular formula is C20H18ClN3O4. The van der Waals surface area contributed by atoms with Crippen molar-refractivity contribution in [2.45, 2.75) is 12.8 Å². The van der Waals surface area contributed by atoms with Crippen molar-refractivity contribution in [2.24, 2.45) is 5.92 Å². The molecule has 1 N–H and O–H groups in total. The smallest absolute Gasteiger partial charge is 0.308 e. The summed E-state index contributed by atoms with van der Waals surface area (Å²) in [7, 11) is 0. The highest BCUT2D eigenvalue weighted by Gasteiger charge is 2.30. The van der Waals surface area contributed by atoms with Gasteiger partial charge in [-0.25, -0.2) is 4.68 Å². The number of carboxylic acid groups (broad SMARTS) is 1. The number of halogens is 1. The molecule has 1 saturated heterocycles. The molecule has 0 spiro atoms. The zero-order chi connectivity index (χ0) is 19.7. The first-order valence-electron chi connectivity index (χ1n) is 8.95. The van der Waals surface area contributed by atoms with Gasteiger partial charge in [0, 0.05) is 24.2 Å². The van der Waals surface area contributed by atoms with Crippen LogP contribution in [0.15, 0.2) is 53.1 Å². The summed E-state index contributed by atoms with van der Waals surface area (Å²) in [4.78, 5) is 25.9. The van der Waals surface area contributed by atoms with Gasteiger partial charge in [0.25, 0.3) is 5.91 Å². The van der Waals surface area contributed by atoms with E-state index in [2.05, 4.69) is 5.10 Å². The van der Waals surface area contributed by atoms with Gasteiger partial charge in [0.2, 0.25) is 0 Å². The second-order valence-electron chi connectivity index (χ2n) is 6.71.